The van der Waals surface area contributed by atoms with Crippen LogP contribution in [0, 0.1) is 5.92 Å². The van der Waals surface area contributed by atoms with Gasteiger partial charge in [0, 0.05) is 23.4 Å². The van der Waals surface area contributed by atoms with Gasteiger partial charge in [0.2, 0.25) is 0 Å². The summed E-state index contributed by atoms with van der Waals surface area (Å²) in [6, 6.07) is 10.0. The number of para-hydroxylation sites is 1. The largest absolute Gasteiger partial charge is 0.352 e. The Hall–Kier alpha value is -1.91. The van der Waals surface area contributed by atoms with Crippen LogP contribution in [0.5, 0.6) is 0 Å². The van der Waals surface area contributed by atoms with Crippen molar-refractivity contribution in [3.63, 3.8) is 0 Å². The number of hydrogen-bond acceptors (Lipinski definition) is 3. The van der Waals surface area contributed by atoms with Gasteiger partial charge in [-0.2, -0.15) is 0 Å². The van der Waals surface area contributed by atoms with Crippen LogP contribution in [0.4, 0.5) is 0 Å². The molecule has 1 aromatic carbocycles. The fourth-order valence-electron chi connectivity index (χ4n) is 3.60. The van der Waals surface area contributed by atoms with E-state index in [-0.39, 0.29) is 11.7 Å². The topological polar surface area (TPSA) is 62.1 Å². The number of nitrogens with zero attached hydrogens (tertiary/aromatic N) is 1. The Morgan fingerprint density at radius 1 is 1.38 bits per heavy atom. The van der Waals surface area contributed by atoms with Crippen molar-refractivity contribution in [1.82, 2.24) is 9.88 Å². The Morgan fingerprint density at radius 2 is 2.21 bits per heavy atom. The third-order valence-electron chi connectivity index (χ3n) is 5.00. The molecule has 2 aromatic rings. The number of H-pyrrole nitrogens is 1. The van der Waals surface area contributed by atoms with Crippen molar-refractivity contribution in [3.8, 4) is 0 Å². The summed E-state index contributed by atoms with van der Waals surface area (Å²) in [6.07, 6.45) is 5.23. The first-order chi connectivity index (χ1) is 11.7. The molecule has 3 N–H and O–H groups in total. The number of allylic oxidation sites excluding steroid dienone is 1. The molecular formula is C20H27N3O. The van der Waals surface area contributed by atoms with Crippen LogP contribution >= 0.6 is 0 Å². The van der Waals surface area contributed by atoms with Crippen molar-refractivity contribution < 1.29 is 4.79 Å². The zero-order chi connectivity index (χ0) is 16.9. The zero-order valence-electron chi connectivity index (χ0n) is 14.4. The Bertz CT molecular complexity index is 698. The predicted molar refractivity (Wildman–Crippen MR) is 99.2 cm³/mol. The lowest BCUT2D eigenvalue weighted by atomic mass is 9.86. The van der Waals surface area contributed by atoms with Crippen molar-refractivity contribution in [2.24, 2.45) is 11.7 Å². The van der Waals surface area contributed by atoms with Crippen LogP contribution in [0.25, 0.3) is 10.9 Å². The third kappa shape index (κ3) is 3.60. The SMILES string of the molecule is C/C=C1/CN(CCCCN)CC[C@H]1C(=O)c1cc2ccccc2[nH]1. The van der Waals surface area contributed by atoms with E-state index in [1.807, 2.05) is 37.3 Å². The maximum absolute atomic E-state index is 13.0. The van der Waals surface area contributed by atoms with E-state index in [9.17, 15) is 4.79 Å². The van der Waals surface area contributed by atoms with Crippen molar-refractivity contribution in [3.05, 3.63) is 47.7 Å². The fourth-order valence-corrected chi connectivity index (χ4v) is 3.60. The maximum atomic E-state index is 13.0. The number of unbranched alkanes of at least 4 members (excludes halogenated alkanes) is 1. The molecule has 1 aliphatic heterocycles. The highest BCUT2D eigenvalue weighted by Crippen LogP contribution is 2.28. The normalized spacial score (nSPS) is 20.8. The minimum Gasteiger partial charge on any atom is -0.352 e. The van der Waals surface area contributed by atoms with Gasteiger partial charge in [-0.15, -0.1) is 0 Å². The molecular weight excluding hydrogens is 298 g/mol. The molecule has 24 heavy (non-hydrogen) atoms. The lowest BCUT2D eigenvalue weighted by Gasteiger charge is -2.33. The van der Waals surface area contributed by atoms with Crippen molar-refractivity contribution in [2.75, 3.05) is 26.2 Å². The summed E-state index contributed by atoms with van der Waals surface area (Å²) >= 11 is 0. The molecule has 128 valence electrons. The van der Waals surface area contributed by atoms with Gasteiger partial charge in [0.1, 0.15) is 0 Å². The van der Waals surface area contributed by atoms with Crippen LogP contribution in [-0.2, 0) is 0 Å². The Morgan fingerprint density at radius 3 is 2.96 bits per heavy atom. The van der Waals surface area contributed by atoms with Crippen molar-refractivity contribution >= 4 is 16.7 Å². The van der Waals surface area contributed by atoms with Gasteiger partial charge in [-0.05, 0) is 63.5 Å². The van der Waals surface area contributed by atoms with Gasteiger partial charge in [-0.3, -0.25) is 9.69 Å². The van der Waals surface area contributed by atoms with Crippen molar-refractivity contribution in [2.45, 2.75) is 26.2 Å². The second kappa shape index (κ2) is 7.77. The van der Waals surface area contributed by atoms with E-state index in [2.05, 4.69) is 16.0 Å². The Balaban J connectivity index is 1.70. The molecule has 4 nitrogen and oxygen atoms in total. The number of rotatable bonds is 6. The second-order valence-electron chi connectivity index (χ2n) is 6.61. The zero-order valence-corrected chi connectivity index (χ0v) is 14.4. The highest BCUT2D eigenvalue weighted by molar-refractivity contribution is 6.02. The molecule has 4 heteroatoms. The molecule has 1 atom stereocenters. The summed E-state index contributed by atoms with van der Waals surface area (Å²) in [5.74, 6) is 0.231. The number of aromatic amines is 1. The second-order valence-corrected chi connectivity index (χ2v) is 6.61. The minimum atomic E-state index is 0.00817. The number of nitrogens with two attached hydrogens (primary N) is 1. The first-order valence-electron chi connectivity index (χ1n) is 8.92. The molecule has 1 aromatic heterocycles. The monoisotopic (exact) mass is 325 g/mol. The lowest BCUT2D eigenvalue weighted by Crippen LogP contribution is -2.39. The first-order valence-corrected chi connectivity index (χ1v) is 8.92. The number of Topliss-reactive ketones (excluding diaryl/α,β-unsaturated/α-hetero) is 1. The van der Waals surface area contributed by atoms with Crippen LogP contribution in [0.15, 0.2) is 42.0 Å². The predicted octanol–water partition coefficient (Wildman–Crippen LogP) is 3.36. The molecule has 3 rings (SSSR count). The number of likely N-dealkylation sites (tertiary alicyclic amines) is 1. The van der Waals surface area contributed by atoms with Crippen LogP contribution < -0.4 is 5.73 Å². The highest BCUT2D eigenvalue weighted by Gasteiger charge is 2.30. The summed E-state index contributed by atoms with van der Waals surface area (Å²) in [5.41, 5.74) is 8.59. The van der Waals surface area contributed by atoms with Gasteiger partial charge in [-0.25, -0.2) is 0 Å². The quantitative estimate of drug-likeness (QED) is 0.486. The summed E-state index contributed by atoms with van der Waals surface area (Å²) in [4.78, 5) is 18.7. The van der Waals surface area contributed by atoms with E-state index in [1.54, 1.807) is 0 Å². The number of carbonyl (C=O) groups is 1. The molecule has 1 aliphatic rings. The smallest absolute Gasteiger partial charge is 0.186 e. The number of nitrogens with one attached hydrogen (secondary N) is 1. The molecule has 0 saturated carbocycles. The van der Waals surface area contributed by atoms with E-state index in [4.69, 9.17) is 5.73 Å². The van der Waals surface area contributed by atoms with Crippen molar-refractivity contribution in [1.29, 1.82) is 0 Å². The summed E-state index contributed by atoms with van der Waals surface area (Å²) in [6.45, 7) is 5.76. The molecule has 2 heterocycles. The Labute approximate surface area is 143 Å². The lowest BCUT2D eigenvalue weighted by molar-refractivity contribution is 0.0895. The van der Waals surface area contributed by atoms with Crippen LogP contribution in [0.3, 0.4) is 0 Å². The van der Waals surface area contributed by atoms with Gasteiger partial charge in [0.05, 0.1) is 5.69 Å². The van der Waals surface area contributed by atoms with Gasteiger partial charge < -0.3 is 10.7 Å². The number of hydrogen-bond donors (Lipinski definition) is 2. The standard InChI is InChI=1S/C20H27N3O/c1-2-15-14-23(11-6-5-10-21)12-9-17(15)20(24)19-13-16-7-3-4-8-18(16)22-19/h2-4,7-8,13,17,22H,5-6,9-12,14,21H2,1H3/b15-2-/t17-/m1/s1. The maximum Gasteiger partial charge on any atom is 0.186 e. The number of aromatic nitrogens is 1. The van der Waals surface area contributed by atoms with E-state index < -0.39 is 0 Å². The molecule has 0 spiro atoms. The number of ketones is 1. The molecule has 0 aliphatic carbocycles. The van der Waals surface area contributed by atoms with E-state index >= 15 is 0 Å². The Kier molecular flexibility index (Phi) is 5.48. The first kappa shape index (κ1) is 16.9. The van der Waals surface area contributed by atoms with Gasteiger partial charge in [-0.1, -0.05) is 24.3 Å². The highest BCUT2D eigenvalue weighted by atomic mass is 16.1. The molecule has 1 fully saturated rings. The van der Waals surface area contributed by atoms with E-state index in [1.165, 1.54) is 5.57 Å². The summed E-state index contributed by atoms with van der Waals surface area (Å²) in [7, 11) is 0. The minimum absolute atomic E-state index is 0.00817. The number of fused-ring (bicyclic) bond motifs is 1. The summed E-state index contributed by atoms with van der Waals surface area (Å²) < 4.78 is 0. The average Bonchev–Trinajstić information content (AvgIpc) is 3.05. The van der Waals surface area contributed by atoms with E-state index in [0.29, 0.717) is 0 Å². The van der Waals surface area contributed by atoms with Gasteiger partial charge in [0.15, 0.2) is 5.78 Å². The number of carbonyl (C=O) groups excluding carboxylic acids is 1. The van der Waals surface area contributed by atoms with Crippen LogP contribution in [-0.4, -0.2) is 41.8 Å². The molecule has 0 unspecified atom stereocenters. The molecule has 0 bridgehead atoms. The van der Waals surface area contributed by atoms with Gasteiger partial charge >= 0.3 is 0 Å². The van der Waals surface area contributed by atoms with E-state index in [0.717, 1.165) is 62.0 Å². The number of piperidine rings is 1. The fraction of sp³-hybridized carbons (Fsp3) is 0.450. The molecule has 0 amide bonds. The van der Waals surface area contributed by atoms with Crippen LogP contribution in [0.1, 0.15) is 36.7 Å². The third-order valence-corrected chi connectivity index (χ3v) is 5.00. The van der Waals surface area contributed by atoms with Crippen LogP contribution in [0.2, 0.25) is 0 Å². The van der Waals surface area contributed by atoms with Gasteiger partial charge in [0.25, 0.3) is 0 Å². The number of benzene rings is 1. The molecule has 0 radical (unpaired) electrons. The molecule has 1 saturated heterocycles. The average molecular weight is 325 g/mol. The summed E-state index contributed by atoms with van der Waals surface area (Å²) in [5, 5.41) is 1.10.